The van der Waals surface area contributed by atoms with Crippen LogP contribution in [0.5, 0.6) is 0 Å². The van der Waals surface area contributed by atoms with E-state index in [1.165, 1.54) is 11.3 Å². The zero-order valence-corrected chi connectivity index (χ0v) is 13.2. The van der Waals surface area contributed by atoms with Crippen molar-refractivity contribution in [1.82, 2.24) is 4.57 Å². The van der Waals surface area contributed by atoms with E-state index in [-0.39, 0.29) is 0 Å². The second kappa shape index (κ2) is 6.80. The maximum absolute atomic E-state index is 9.17. The lowest BCUT2D eigenvalue weighted by molar-refractivity contribution is 0.682. The van der Waals surface area contributed by atoms with E-state index in [2.05, 4.69) is 18.0 Å². The third-order valence-electron chi connectivity index (χ3n) is 2.62. The van der Waals surface area contributed by atoms with Crippen LogP contribution in [0.2, 0.25) is 5.02 Å². The highest BCUT2D eigenvalue weighted by Gasteiger charge is 2.10. The largest absolute Gasteiger partial charge is 0.307 e. The summed E-state index contributed by atoms with van der Waals surface area (Å²) in [6.45, 7) is 2.84. The highest BCUT2D eigenvalue weighted by atomic mass is 35.5. The van der Waals surface area contributed by atoms with Crippen molar-refractivity contribution < 1.29 is 0 Å². The van der Waals surface area contributed by atoms with Crippen molar-refractivity contribution in [2.24, 2.45) is 4.99 Å². The number of hydrogen-bond acceptors (Lipinski definition) is 4. The topological polar surface area (TPSA) is 41.1 Å². The van der Waals surface area contributed by atoms with Gasteiger partial charge in [-0.15, -0.1) is 0 Å². The predicted molar refractivity (Wildman–Crippen MR) is 86.9 cm³/mol. The Morgan fingerprint density at radius 3 is 2.75 bits per heavy atom. The number of nitrogens with zero attached hydrogens (tertiary/aromatic N) is 3. The molecule has 0 radical (unpaired) electrons. The summed E-state index contributed by atoms with van der Waals surface area (Å²) in [7, 11) is 0. The molecule has 1 aromatic carbocycles. The molecule has 6 heteroatoms. The number of rotatable bonds is 4. The van der Waals surface area contributed by atoms with Gasteiger partial charge in [0.25, 0.3) is 0 Å². The van der Waals surface area contributed by atoms with E-state index in [9.17, 15) is 0 Å². The van der Waals surface area contributed by atoms with Crippen molar-refractivity contribution in [3.63, 3.8) is 0 Å². The van der Waals surface area contributed by atoms with Gasteiger partial charge in [-0.05, 0) is 36.3 Å². The summed E-state index contributed by atoms with van der Waals surface area (Å²) in [5, 5.41) is 9.85. The van der Waals surface area contributed by atoms with Crippen molar-refractivity contribution >= 4 is 47.2 Å². The van der Waals surface area contributed by atoms with Crippen LogP contribution in [0.1, 0.15) is 23.8 Å². The van der Waals surface area contributed by atoms with E-state index in [4.69, 9.17) is 29.1 Å². The fourth-order valence-corrected chi connectivity index (χ4v) is 3.02. The second-order valence-corrected chi connectivity index (χ2v) is 6.17. The van der Waals surface area contributed by atoms with Crippen molar-refractivity contribution in [2.45, 2.75) is 19.9 Å². The average molecular weight is 322 g/mol. The van der Waals surface area contributed by atoms with E-state index in [0.29, 0.717) is 19.7 Å². The van der Waals surface area contributed by atoms with Crippen LogP contribution >= 0.6 is 35.2 Å². The van der Waals surface area contributed by atoms with Gasteiger partial charge in [0.2, 0.25) is 0 Å². The molecule has 0 unspecified atom stereocenters. The van der Waals surface area contributed by atoms with Gasteiger partial charge in [-0.3, -0.25) is 0 Å². The molecule has 0 saturated carbocycles. The molecule has 2 aromatic rings. The Labute approximate surface area is 131 Å². The van der Waals surface area contributed by atoms with Gasteiger partial charge in [-0.25, -0.2) is 4.99 Å². The molecule has 0 fully saturated rings. The number of hydrogen-bond donors (Lipinski definition) is 0. The first-order valence-corrected chi connectivity index (χ1v) is 7.69. The molecule has 0 atom stereocenters. The van der Waals surface area contributed by atoms with E-state index in [1.54, 1.807) is 18.3 Å². The summed E-state index contributed by atoms with van der Waals surface area (Å²) < 4.78 is 2.59. The van der Waals surface area contributed by atoms with Gasteiger partial charge in [0.05, 0.1) is 0 Å². The van der Waals surface area contributed by atoms with Gasteiger partial charge in [-0.1, -0.05) is 42.0 Å². The lowest BCUT2D eigenvalue weighted by atomic mass is 10.2. The summed E-state index contributed by atoms with van der Waals surface area (Å²) in [4.78, 5) is 4.98. The zero-order chi connectivity index (χ0) is 14.5. The van der Waals surface area contributed by atoms with Gasteiger partial charge in [0, 0.05) is 17.8 Å². The first-order valence-electron chi connectivity index (χ1n) is 6.09. The molecule has 0 amide bonds. The lowest BCUT2D eigenvalue weighted by Crippen LogP contribution is -1.96. The van der Waals surface area contributed by atoms with E-state index in [1.807, 2.05) is 16.7 Å². The summed E-state index contributed by atoms with van der Waals surface area (Å²) in [6, 6.07) is 9.52. The number of halogens is 1. The highest BCUT2D eigenvalue weighted by molar-refractivity contribution is 7.73. The van der Waals surface area contributed by atoms with Crippen LogP contribution in [0.4, 0.5) is 5.82 Å². The first kappa shape index (κ1) is 14.9. The molecule has 0 bridgehead atoms. The third-order valence-corrected chi connectivity index (χ3v) is 4.22. The Hall–Kier alpha value is -1.48. The quantitative estimate of drug-likeness (QED) is 0.589. The van der Waals surface area contributed by atoms with E-state index < -0.39 is 0 Å². The molecule has 0 aliphatic rings. The first-order chi connectivity index (χ1) is 9.65. The van der Waals surface area contributed by atoms with Crippen LogP contribution in [0.3, 0.4) is 0 Å². The number of aliphatic imine (C=N–C) groups is 1. The molecule has 0 aliphatic carbocycles. The highest BCUT2D eigenvalue weighted by Crippen LogP contribution is 2.27. The Morgan fingerprint density at radius 2 is 2.15 bits per heavy atom. The summed E-state index contributed by atoms with van der Waals surface area (Å²) in [5.74, 6) is 0.638. The van der Waals surface area contributed by atoms with E-state index >= 15 is 0 Å². The Morgan fingerprint density at radius 1 is 1.45 bits per heavy atom. The van der Waals surface area contributed by atoms with Gasteiger partial charge in [0.15, 0.2) is 14.6 Å². The van der Waals surface area contributed by atoms with Crippen molar-refractivity contribution in [3.05, 3.63) is 43.7 Å². The molecule has 0 aliphatic heterocycles. The molecular weight excluding hydrogens is 310 g/mol. The molecule has 3 nitrogen and oxygen atoms in total. The molecule has 0 spiro atoms. The normalized spacial score (nSPS) is 10.8. The number of aromatic nitrogens is 1. The van der Waals surface area contributed by atoms with Crippen molar-refractivity contribution in [2.75, 3.05) is 0 Å². The fraction of sp³-hybridized carbons (Fsp3) is 0.214. The summed E-state index contributed by atoms with van der Waals surface area (Å²) >= 11 is 12.4. The molecule has 2 rings (SSSR count). The van der Waals surface area contributed by atoms with Crippen molar-refractivity contribution in [3.8, 4) is 6.07 Å². The molecule has 0 saturated heterocycles. The van der Waals surface area contributed by atoms with Gasteiger partial charge in [-0.2, -0.15) is 5.26 Å². The number of thiazole rings is 1. The number of nitriles is 1. The monoisotopic (exact) mass is 321 g/mol. The molecular formula is C14H12ClN3S2. The molecule has 20 heavy (non-hydrogen) atoms. The van der Waals surface area contributed by atoms with Gasteiger partial charge >= 0.3 is 0 Å². The van der Waals surface area contributed by atoms with Crippen LogP contribution in [-0.4, -0.2) is 10.8 Å². The molecule has 1 aromatic heterocycles. The van der Waals surface area contributed by atoms with Gasteiger partial charge in [0.1, 0.15) is 6.07 Å². The third kappa shape index (κ3) is 3.34. The van der Waals surface area contributed by atoms with Crippen molar-refractivity contribution in [1.29, 1.82) is 5.26 Å². The summed E-state index contributed by atoms with van der Waals surface area (Å²) in [6.07, 6.45) is 2.67. The Balaban J connectivity index is 2.39. The van der Waals surface area contributed by atoms with E-state index in [0.717, 1.165) is 18.5 Å². The number of benzene rings is 1. The average Bonchev–Trinajstić information content (AvgIpc) is 2.75. The molecule has 1 heterocycles. The lowest BCUT2D eigenvalue weighted by Gasteiger charge is -2.02. The fourth-order valence-electron chi connectivity index (χ4n) is 1.70. The SMILES string of the molecule is CCCn1c(/N=C/c2ccc(Cl)cc2)c(C#N)sc1=S. The smallest absolute Gasteiger partial charge is 0.164 e. The van der Waals surface area contributed by atoms with Crippen LogP contribution in [0, 0.1) is 15.3 Å². The molecule has 102 valence electrons. The van der Waals surface area contributed by atoms with Crippen LogP contribution < -0.4 is 0 Å². The predicted octanol–water partition coefficient (Wildman–Crippen LogP) is 4.96. The minimum atomic E-state index is 0.550. The second-order valence-electron chi connectivity index (χ2n) is 4.09. The van der Waals surface area contributed by atoms with Gasteiger partial charge < -0.3 is 4.57 Å². The Kier molecular flexibility index (Phi) is 5.07. The standard InChI is InChI=1S/C14H12ClN3S2/c1-2-7-18-13(12(8-16)20-14(18)19)17-9-10-3-5-11(15)6-4-10/h3-6,9H,2,7H2,1H3/b17-9+. The maximum atomic E-state index is 9.17. The van der Waals surface area contributed by atoms with Crippen LogP contribution in [-0.2, 0) is 6.54 Å². The Bertz CT molecular complexity index is 720. The maximum Gasteiger partial charge on any atom is 0.164 e. The van der Waals surface area contributed by atoms with Crippen LogP contribution in [0.15, 0.2) is 29.3 Å². The zero-order valence-electron chi connectivity index (χ0n) is 10.8. The van der Waals surface area contributed by atoms with Crippen LogP contribution in [0.25, 0.3) is 0 Å². The minimum Gasteiger partial charge on any atom is -0.307 e. The molecule has 0 N–H and O–H groups in total. The summed E-state index contributed by atoms with van der Waals surface area (Å²) in [5.41, 5.74) is 0.929. The minimum absolute atomic E-state index is 0.550.